The van der Waals surface area contributed by atoms with Crippen molar-refractivity contribution in [1.82, 2.24) is 0 Å². The highest BCUT2D eigenvalue weighted by Crippen LogP contribution is 2.40. The van der Waals surface area contributed by atoms with Gasteiger partial charge in [0.1, 0.15) is 0 Å². The number of hydrogen-bond acceptors (Lipinski definition) is 2. The summed E-state index contributed by atoms with van der Waals surface area (Å²) in [4.78, 5) is 13.7. The minimum absolute atomic E-state index is 0.143. The summed E-state index contributed by atoms with van der Waals surface area (Å²) in [7, 11) is 0. The molecule has 3 nitrogen and oxygen atoms in total. The van der Waals surface area contributed by atoms with Gasteiger partial charge in [0.2, 0.25) is 0 Å². The van der Waals surface area contributed by atoms with E-state index < -0.39 is 5.97 Å². The van der Waals surface area contributed by atoms with Crippen molar-refractivity contribution in [3.05, 3.63) is 11.4 Å². The molecule has 0 unspecified atom stereocenters. The van der Waals surface area contributed by atoms with Crippen molar-refractivity contribution >= 4 is 5.97 Å². The van der Waals surface area contributed by atoms with Crippen LogP contribution in [-0.4, -0.2) is 19.1 Å². The second-order valence-corrected chi connectivity index (χ2v) is 3.64. The van der Waals surface area contributed by atoms with E-state index in [0.717, 1.165) is 12.8 Å². The first-order valence-corrected chi connectivity index (χ1v) is 4.15. The highest BCUT2D eigenvalue weighted by Gasteiger charge is 2.33. The summed E-state index contributed by atoms with van der Waals surface area (Å²) in [6, 6.07) is 0. The zero-order valence-corrected chi connectivity index (χ0v) is 7.30. The predicted octanol–water partition coefficient (Wildman–Crippen LogP) is 1.64. The van der Waals surface area contributed by atoms with E-state index >= 15 is 0 Å². The number of hydrogen-bond donors (Lipinski definition) is 0. The standard InChI is InChI=1S/C9H13NO2/c1-9(4-3-5-9)7-12-8(11)6-10-2/h3-7H2,1H3. The maximum Gasteiger partial charge on any atom is 0.387 e. The molecule has 0 aromatic rings. The SMILES string of the molecule is [C-]#[N+]CC(=O)OCC1(C)CCC1. The van der Waals surface area contributed by atoms with Crippen molar-refractivity contribution in [3.8, 4) is 0 Å². The summed E-state index contributed by atoms with van der Waals surface area (Å²) in [5.41, 5.74) is 0.206. The third-order valence-electron chi connectivity index (χ3n) is 2.35. The van der Waals surface area contributed by atoms with Gasteiger partial charge in [-0.25, -0.2) is 11.4 Å². The molecule has 0 heterocycles. The van der Waals surface area contributed by atoms with Crippen LogP contribution in [0, 0.1) is 12.0 Å². The third-order valence-corrected chi connectivity index (χ3v) is 2.35. The van der Waals surface area contributed by atoms with E-state index in [1.165, 1.54) is 6.42 Å². The van der Waals surface area contributed by atoms with E-state index in [2.05, 4.69) is 11.8 Å². The first kappa shape index (κ1) is 9.05. The lowest BCUT2D eigenvalue weighted by Crippen LogP contribution is -2.32. The quantitative estimate of drug-likeness (QED) is 0.472. The van der Waals surface area contributed by atoms with E-state index in [9.17, 15) is 4.79 Å². The van der Waals surface area contributed by atoms with Gasteiger partial charge in [-0.2, -0.15) is 0 Å². The van der Waals surface area contributed by atoms with Gasteiger partial charge in [0.25, 0.3) is 0 Å². The Balaban J connectivity index is 2.17. The highest BCUT2D eigenvalue weighted by molar-refractivity contribution is 5.73. The van der Waals surface area contributed by atoms with E-state index in [0.29, 0.717) is 6.61 Å². The zero-order valence-electron chi connectivity index (χ0n) is 7.30. The van der Waals surface area contributed by atoms with Crippen molar-refractivity contribution in [2.75, 3.05) is 13.2 Å². The zero-order chi connectivity index (χ0) is 9.03. The van der Waals surface area contributed by atoms with Gasteiger partial charge in [-0.1, -0.05) is 13.3 Å². The van der Waals surface area contributed by atoms with Crippen LogP contribution in [0.2, 0.25) is 0 Å². The molecule has 0 aliphatic heterocycles. The lowest BCUT2D eigenvalue weighted by Gasteiger charge is -2.37. The maximum absolute atomic E-state index is 10.8. The first-order valence-electron chi connectivity index (χ1n) is 4.15. The third kappa shape index (κ3) is 2.23. The number of rotatable bonds is 3. The summed E-state index contributed by atoms with van der Waals surface area (Å²) in [5, 5.41) is 0. The average molecular weight is 167 g/mol. The van der Waals surface area contributed by atoms with Crippen molar-refractivity contribution in [2.24, 2.45) is 5.41 Å². The smallest absolute Gasteiger partial charge is 0.387 e. The Morgan fingerprint density at radius 1 is 1.67 bits per heavy atom. The van der Waals surface area contributed by atoms with Crippen LogP contribution in [-0.2, 0) is 9.53 Å². The largest absolute Gasteiger partial charge is 0.460 e. The topological polar surface area (TPSA) is 30.7 Å². The van der Waals surface area contributed by atoms with Crippen LogP contribution in [0.15, 0.2) is 0 Å². The van der Waals surface area contributed by atoms with Crippen LogP contribution >= 0.6 is 0 Å². The minimum Gasteiger partial charge on any atom is -0.460 e. The fraction of sp³-hybridized carbons (Fsp3) is 0.778. The summed E-state index contributed by atoms with van der Waals surface area (Å²) in [6.07, 6.45) is 3.51. The Bertz CT molecular complexity index is 213. The van der Waals surface area contributed by atoms with E-state index in [4.69, 9.17) is 11.3 Å². The molecule has 0 bridgehead atoms. The molecule has 0 N–H and O–H groups in total. The number of carbonyl (C=O) groups is 1. The molecule has 0 radical (unpaired) electrons. The summed E-state index contributed by atoms with van der Waals surface area (Å²) in [5.74, 6) is -0.391. The molecule has 12 heavy (non-hydrogen) atoms. The van der Waals surface area contributed by atoms with E-state index in [-0.39, 0.29) is 12.0 Å². The first-order chi connectivity index (χ1) is 5.66. The molecular weight excluding hydrogens is 154 g/mol. The monoisotopic (exact) mass is 167 g/mol. The van der Waals surface area contributed by atoms with Gasteiger partial charge < -0.3 is 9.58 Å². The molecule has 0 spiro atoms. The van der Waals surface area contributed by atoms with Gasteiger partial charge in [0.05, 0.1) is 6.61 Å². The lowest BCUT2D eigenvalue weighted by atomic mass is 9.71. The van der Waals surface area contributed by atoms with Crippen LogP contribution in [0.3, 0.4) is 0 Å². The van der Waals surface area contributed by atoms with Gasteiger partial charge in [0, 0.05) is 5.41 Å². The van der Waals surface area contributed by atoms with Gasteiger partial charge in [0.15, 0.2) is 0 Å². The lowest BCUT2D eigenvalue weighted by molar-refractivity contribution is -0.146. The van der Waals surface area contributed by atoms with Crippen LogP contribution in [0.25, 0.3) is 4.85 Å². The summed E-state index contributed by atoms with van der Waals surface area (Å²) < 4.78 is 4.94. The van der Waals surface area contributed by atoms with Crippen molar-refractivity contribution < 1.29 is 9.53 Å². The summed E-state index contributed by atoms with van der Waals surface area (Å²) in [6.45, 7) is 8.91. The van der Waals surface area contributed by atoms with Gasteiger partial charge in [-0.05, 0) is 12.8 Å². The predicted molar refractivity (Wildman–Crippen MR) is 44.4 cm³/mol. The highest BCUT2D eigenvalue weighted by atomic mass is 16.5. The second kappa shape index (κ2) is 3.57. The Morgan fingerprint density at radius 3 is 2.75 bits per heavy atom. The molecule has 1 saturated carbocycles. The minimum atomic E-state index is -0.391. The molecule has 0 amide bonds. The average Bonchev–Trinajstić information content (AvgIpc) is 1.98. The van der Waals surface area contributed by atoms with Crippen LogP contribution < -0.4 is 0 Å². The Labute approximate surface area is 72.5 Å². The molecule has 0 aromatic carbocycles. The number of carbonyl (C=O) groups excluding carboxylic acids is 1. The fourth-order valence-electron chi connectivity index (χ4n) is 1.29. The molecule has 0 atom stereocenters. The molecule has 0 saturated heterocycles. The molecule has 0 aromatic heterocycles. The van der Waals surface area contributed by atoms with E-state index in [1.807, 2.05) is 0 Å². The second-order valence-electron chi connectivity index (χ2n) is 3.64. The molecule has 66 valence electrons. The maximum atomic E-state index is 10.8. The van der Waals surface area contributed by atoms with Crippen molar-refractivity contribution in [3.63, 3.8) is 0 Å². The number of nitrogens with zero attached hydrogens (tertiary/aromatic N) is 1. The van der Waals surface area contributed by atoms with Crippen molar-refractivity contribution in [1.29, 1.82) is 0 Å². The fourth-order valence-corrected chi connectivity index (χ4v) is 1.29. The molecule has 1 fully saturated rings. The van der Waals surface area contributed by atoms with Gasteiger partial charge >= 0.3 is 12.5 Å². The number of ether oxygens (including phenoxy) is 1. The molecule has 3 heteroatoms. The molecule has 1 aliphatic carbocycles. The molecular formula is C9H13NO2. The normalized spacial score (nSPS) is 19.0. The van der Waals surface area contributed by atoms with Crippen LogP contribution in [0.4, 0.5) is 0 Å². The Morgan fingerprint density at radius 2 is 2.33 bits per heavy atom. The van der Waals surface area contributed by atoms with Crippen molar-refractivity contribution in [2.45, 2.75) is 26.2 Å². The van der Waals surface area contributed by atoms with Gasteiger partial charge in [-0.15, -0.1) is 0 Å². The van der Waals surface area contributed by atoms with Crippen LogP contribution in [0.5, 0.6) is 0 Å². The Hall–Kier alpha value is -1.04. The molecule has 1 rings (SSSR count). The Kier molecular flexibility index (Phi) is 2.69. The van der Waals surface area contributed by atoms with E-state index in [1.54, 1.807) is 0 Å². The van der Waals surface area contributed by atoms with Gasteiger partial charge in [-0.3, -0.25) is 0 Å². The number of esters is 1. The van der Waals surface area contributed by atoms with Crippen LogP contribution in [0.1, 0.15) is 26.2 Å². The summed E-state index contributed by atoms with van der Waals surface area (Å²) >= 11 is 0. The molecule has 1 aliphatic rings.